The summed E-state index contributed by atoms with van der Waals surface area (Å²) in [4.78, 5) is 44.2. The highest BCUT2D eigenvalue weighted by Gasteiger charge is 2.42. The number of hydrogen-bond acceptors (Lipinski definition) is 6. The number of hydrogen-bond donors (Lipinski definition) is 0. The molecule has 0 saturated heterocycles. The van der Waals surface area contributed by atoms with Gasteiger partial charge in [0.25, 0.3) is 6.47 Å². The van der Waals surface area contributed by atoms with Gasteiger partial charge in [0, 0.05) is 6.42 Å². The van der Waals surface area contributed by atoms with Crippen molar-refractivity contribution in [2.45, 2.75) is 32.4 Å². The van der Waals surface area contributed by atoms with Crippen LogP contribution in [-0.2, 0) is 32.1 Å². The molecule has 0 aliphatic heterocycles. The summed E-state index contributed by atoms with van der Waals surface area (Å²) in [6.07, 6.45) is -0.0734. The maximum Gasteiger partial charge on any atom is 0.293 e. The molecule has 0 spiro atoms. The third-order valence-electron chi connectivity index (χ3n) is 3.12. The van der Waals surface area contributed by atoms with Gasteiger partial charge in [-0.25, -0.2) is 0 Å². The van der Waals surface area contributed by atoms with Gasteiger partial charge in [-0.15, -0.1) is 4.91 Å². The third kappa shape index (κ3) is 3.34. The fourth-order valence-corrected chi connectivity index (χ4v) is 1.84. The Labute approximate surface area is 116 Å². The fraction of sp³-hybridized carbons (Fsp3) is 0.357. The quantitative estimate of drug-likeness (QED) is 0.409. The molecule has 0 bridgehead atoms. The highest BCUT2D eigenvalue weighted by Crippen LogP contribution is 2.21. The molecule has 0 amide bonds. The SMILES string of the molecule is CC(=O)C(Cc1ccc(COC=O)cc1)(N=O)C(C)=O. The summed E-state index contributed by atoms with van der Waals surface area (Å²) in [5.74, 6) is -1.15. The number of carbonyl (C=O) groups is 3. The van der Waals surface area contributed by atoms with Gasteiger partial charge in [-0.1, -0.05) is 24.3 Å². The van der Waals surface area contributed by atoms with Crippen molar-refractivity contribution in [2.75, 3.05) is 0 Å². The zero-order chi connectivity index (χ0) is 15.2. The molecular formula is C14H15NO5. The molecule has 0 unspecified atom stereocenters. The van der Waals surface area contributed by atoms with E-state index < -0.39 is 17.1 Å². The maximum atomic E-state index is 11.6. The zero-order valence-corrected chi connectivity index (χ0v) is 11.3. The van der Waals surface area contributed by atoms with Crippen LogP contribution in [0.3, 0.4) is 0 Å². The Balaban J connectivity index is 2.95. The number of nitrogens with zero attached hydrogens (tertiary/aromatic N) is 1. The Kier molecular flexibility index (Phi) is 5.25. The van der Waals surface area contributed by atoms with Gasteiger partial charge in [-0.05, 0) is 30.2 Å². The number of ketones is 2. The van der Waals surface area contributed by atoms with Gasteiger partial charge in [0.15, 0.2) is 11.6 Å². The van der Waals surface area contributed by atoms with Crippen molar-refractivity contribution < 1.29 is 19.1 Å². The molecule has 0 N–H and O–H groups in total. The van der Waals surface area contributed by atoms with E-state index in [0.29, 0.717) is 12.0 Å². The molecular weight excluding hydrogens is 262 g/mol. The van der Waals surface area contributed by atoms with E-state index in [0.717, 1.165) is 5.56 Å². The van der Waals surface area contributed by atoms with Crippen molar-refractivity contribution in [1.82, 2.24) is 0 Å². The highest BCUT2D eigenvalue weighted by molar-refractivity contribution is 6.10. The van der Waals surface area contributed by atoms with E-state index in [2.05, 4.69) is 9.91 Å². The van der Waals surface area contributed by atoms with Crippen LogP contribution in [-0.4, -0.2) is 23.6 Å². The topological polar surface area (TPSA) is 89.9 Å². The molecule has 0 radical (unpaired) electrons. The average Bonchev–Trinajstić information content (AvgIpc) is 2.43. The largest absolute Gasteiger partial charge is 0.463 e. The second-order valence-electron chi connectivity index (χ2n) is 4.46. The normalized spacial score (nSPS) is 10.7. The van der Waals surface area contributed by atoms with Crippen molar-refractivity contribution in [3.05, 3.63) is 40.3 Å². The first-order valence-electron chi connectivity index (χ1n) is 5.96. The molecule has 0 aliphatic rings. The van der Waals surface area contributed by atoms with E-state index in [1.165, 1.54) is 13.8 Å². The summed E-state index contributed by atoms with van der Waals surface area (Å²) in [6, 6.07) is 6.70. The van der Waals surface area contributed by atoms with E-state index in [-0.39, 0.29) is 13.0 Å². The van der Waals surface area contributed by atoms with Gasteiger partial charge in [-0.2, -0.15) is 0 Å². The summed E-state index contributed by atoms with van der Waals surface area (Å²) in [6.45, 7) is 2.84. The van der Waals surface area contributed by atoms with Gasteiger partial charge in [0.1, 0.15) is 6.61 Å². The predicted molar refractivity (Wildman–Crippen MR) is 70.9 cm³/mol. The molecule has 0 aromatic heterocycles. The second-order valence-corrected chi connectivity index (χ2v) is 4.46. The molecule has 1 rings (SSSR count). The summed E-state index contributed by atoms with van der Waals surface area (Å²) < 4.78 is 4.60. The maximum absolute atomic E-state index is 11.6. The molecule has 6 nitrogen and oxygen atoms in total. The van der Waals surface area contributed by atoms with Crippen LogP contribution in [0, 0.1) is 4.91 Å². The molecule has 0 fully saturated rings. The predicted octanol–water partition coefficient (Wildman–Crippen LogP) is 1.59. The summed E-state index contributed by atoms with van der Waals surface area (Å²) in [5.41, 5.74) is -0.470. The van der Waals surface area contributed by atoms with Crippen LogP contribution in [0.5, 0.6) is 0 Å². The van der Waals surface area contributed by atoms with Crippen LogP contribution in [0.2, 0.25) is 0 Å². The summed E-state index contributed by atoms with van der Waals surface area (Å²) in [5, 5.41) is 2.77. The third-order valence-corrected chi connectivity index (χ3v) is 3.12. The van der Waals surface area contributed by atoms with Crippen molar-refractivity contribution in [1.29, 1.82) is 0 Å². The average molecular weight is 277 g/mol. The van der Waals surface area contributed by atoms with E-state index in [1.54, 1.807) is 24.3 Å². The molecule has 20 heavy (non-hydrogen) atoms. The number of carbonyl (C=O) groups excluding carboxylic acids is 3. The number of nitroso groups, excluding NO2 is 1. The van der Waals surface area contributed by atoms with Gasteiger partial charge in [-0.3, -0.25) is 14.4 Å². The van der Waals surface area contributed by atoms with Crippen LogP contribution in [0.25, 0.3) is 0 Å². The Morgan fingerprint density at radius 3 is 2.05 bits per heavy atom. The standard InChI is InChI=1S/C14H15NO5/c1-10(17)14(15-19,11(2)18)7-12-3-5-13(6-4-12)8-20-9-16/h3-6,9H,7-8H2,1-2H3. The van der Waals surface area contributed by atoms with E-state index >= 15 is 0 Å². The Bertz CT molecular complexity index is 507. The van der Waals surface area contributed by atoms with Crippen LogP contribution in [0.15, 0.2) is 29.4 Å². The Hall–Kier alpha value is -2.37. The van der Waals surface area contributed by atoms with E-state index in [9.17, 15) is 19.3 Å². The second kappa shape index (κ2) is 6.70. The first-order chi connectivity index (χ1) is 9.46. The van der Waals surface area contributed by atoms with Crippen molar-refractivity contribution in [3.8, 4) is 0 Å². The van der Waals surface area contributed by atoms with Crippen LogP contribution in [0.4, 0.5) is 0 Å². The first-order valence-corrected chi connectivity index (χ1v) is 5.96. The minimum Gasteiger partial charge on any atom is -0.463 e. The minimum atomic E-state index is -1.86. The summed E-state index contributed by atoms with van der Waals surface area (Å²) in [7, 11) is 0. The smallest absolute Gasteiger partial charge is 0.293 e. The lowest BCUT2D eigenvalue weighted by molar-refractivity contribution is -0.132. The van der Waals surface area contributed by atoms with Crippen molar-refractivity contribution in [2.24, 2.45) is 5.18 Å². The molecule has 0 atom stereocenters. The van der Waals surface area contributed by atoms with Crippen LogP contribution < -0.4 is 0 Å². The van der Waals surface area contributed by atoms with Gasteiger partial charge >= 0.3 is 0 Å². The first kappa shape index (κ1) is 15.7. The van der Waals surface area contributed by atoms with Gasteiger partial charge in [0.2, 0.25) is 5.54 Å². The molecule has 6 heteroatoms. The highest BCUT2D eigenvalue weighted by atomic mass is 16.5. The van der Waals surface area contributed by atoms with E-state index in [1.807, 2.05) is 0 Å². The molecule has 0 aliphatic carbocycles. The number of benzene rings is 1. The number of Topliss-reactive ketones (excluding diaryl/α,β-unsaturated/α-hetero) is 2. The molecule has 1 aromatic rings. The molecule has 0 saturated carbocycles. The monoisotopic (exact) mass is 277 g/mol. The van der Waals surface area contributed by atoms with Crippen LogP contribution >= 0.6 is 0 Å². The fourth-order valence-electron chi connectivity index (χ4n) is 1.84. The molecule has 106 valence electrons. The number of rotatable bonds is 8. The lowest BCUT2D eigenvalue weighted by Gasteiger charge is -2.20. The molecule has 1 aromatic carbocycles. The minimum absolute atomic E-state index is 0.0734. The summed E-state index contributed by atoms with van der Waals surface area (Å²) >= 11 is 0. The Morgan fingerprint density at radius 1 is 1.15 bits per heavy atom. The van der Waals surface area contributed by atoms with Gasteiger partial charge < -0.3 is 4.74 Å². The number of ether oxygens (including phenoxy) is 1. The van der Waals surface area contributed by atoms with Crippen molar-refractivity contribution in [3.63, 3.8) is 0 Å². The lowest BCUT2D eigenvalue weighted by Crippen LogP contribution is -2.44. The van der Waals surface area contributed by atoms with E-state index in [4.69, 9.17) is 0 Å². The van der Waals surface area contributed by atoms with Gasteiger partial charge in [0.05, 0.1) is 0 Å². The zero-order valence-electron chi connectivity index (χ0n) is 11.3. The lowest BCUT2D eigenvalue weighted by atomic mass is 9.84. The molecule has 0 heterocycles. The Morgan fingerprint density at radius 2 is 1.65 bits per heavy atom. The van der Waals surface area contributed by atoms with Crippen molar-refractivity contribution >= 4 is 18.0 Å². The van der Waals surface area contributed by atoms with Crippen LogP contribution in [0.1, 0.15) is 25.0 Å².